The van der Waals surface area contributed by atoms with Crippen LogP contribution in [0.25, 0.3) is 0 Å². The lowest BCUT2D eigenvalue weighted by molar-refractivity contribution is -0.136. The number of methoxy groups -OCH3 is 1. The first-order valence-electron chi connectivity index (χ1n) is 12.0. The number of benzene rings is 2. The van der Waals surface area contributed by atoms with Gasteiger partial charge in [-0.05, 0) is 61.0 Å². The Hall–Kier alpha value is -3.32. The predicted octanol–water partition coefficient (Wildman–Crippen LogP) is 5.20. The fraction of sp³-hybridized carbons (Fsp3) is 0.357. The molecule has 2 amide bonds. The van der Waals surface area contributed by atoms with Gasteiger partial charge in [0.15, 0.2) is 0 Å². The van der Waals surface area contributed by atoms with Crippen LogP contribution in [0.4, 0.5) is 0 Å². The third-order valence-corrected chi connectivity index (χ3v) is 7.57. The second kappa shape index (κ2) is 11.4. The van der Waals surface area contributed by atoms with Crippen molar-refractivity contribution in [1.29, 1.82) is 0 Å². The van der Waals surface area contributed by atoms with Crippen molar-refractivity contribution in [1.82, 2.24) is 9.80 Å². The topological polar surface area (TPSA) is 59.1 Å². The molecule has 1 aliphatic rings. The van der Waals surface area contributed by atoms with Gasteiger partial charge in [-0.2, -0.15) is 0 Å². The number of ether oxygens (including phenoxy) is 2. The lowest BCUT2D eigenvalue weighted by atomic mass is 10.00. The largest absolute Gasteiger partial charge is 0.497 e. The van der Waals surface area contributed by atoms with Gasteiger partial charge < -0.3 is 19.3 Å². The second-order valence-corrected chi connectivity index (χ2v) is 9.70. The Labute approximate surface area is 211 Å². The molecule has 0 spiro atoms. The number of carbonyl (C=O) groups excluding carboxylic acids is 2. The molecule has 0 saturated heterocycles. The fourth-order valence-corrected chi connectivity index (χ4v) is 5.30. The molecular formula is C28H32N2O4S. The first-order valence-corrected chi connectivity index (χ1v) is 12.9. The smallest absolute Gasteiger partial charge is 0.254 e. The summed E-state index contributed by atoms with van der Waals surface area (Å²) in [6, 6.07) is 18.5. The molecule has 2 aromatic carbocycles. The number of thiophene rings is 1. The van der Waals surface area contributed by atoms with Crippen molar-refractivity contribution in [2.75, 3.05) is 26.8 Å². The number of amides is 2. The van der Waals surface area contributed by atoms with E-state index in [9.17, 15) is 9.59 Å². The maximum Gasteiger partial charge on any atom is 0.254 e. The minimum atomic E-state index is -0.214. The first-order chi connectivity index (χ1) is 17.0. The summed E-state index contributed by atoms with van der Waals surface area (Å²) in [7, 11) is 1.62. The van der Waals surface area contributed by atoms with Gasteiger partial charge in [-0.15, -0.1) is 11.3 Å². The van der Waals surface area contributed by atoms with E-state index in [0.29, 0.717) is 24.5 Å². The summed E-state index contributed by atoms with van der Waals surface area (Å²) in [4.78, 5) is 31.8. The molecule has 0 fully saturated rings. The number of hydrogen-bond donors (Lipinski definition) is 0. The van der Waals surface area contributed by atoms with Crippen LogP contribution in [0.1, 0.15) is 47.1 Å². The Morgan fingerprint density at radius 3 is 2.63 bits per heavy atom. The number of hydrogen-bond acceptors (Lipinski definition) is 5. The zero-order chi connectivity index (χ0) is 24.8. The molecule has 4 rings (SSSR count). The van der Waals surface area contributed by atoms with Gasteiger partial charge >= 0.3 is 0 Å². The van der Waals surface area contributed by atoms with E-state index in [4.69, 9.17) is 9.47 Å². The van der Waals surface area contributed by atoms with Gasteiger partial charge in [0.1, 0.15) is 24.7 Å². The molecular weight excluding hydrogens is 460 g/mol. The highest BCUT2D eigenvalue weighted by Gasteiger charge is 2.34. The molecule has 35 heavy (non-hydrogen) atoms. The summed E-state index contributed by atoms with van der Waals surface area (Å²) in [5, 5.41) is 2.07. The summed E-state index contributed by atoms with van der Waals surface area (Å²) >= 11 is 1.72. The molecule has 6 nitrogen and oxygen atoms in total. The number of fused-ring (bicyclic) bond motifs is 1. The van der Waals surface area contributed by atoms with Crippen LogP contribution >= 0.6 is 11.3 Å². The highest BCUT2D eigenvalue weighted by atomic mass is 32.1. The van der Waals surface area contributed by atoms with Crippen LogP contribution in [-0.4, -0.2) is 54.5 Å². The molecule has 0 radical (unpaired) electrons. The van der Waals surface area contributed by atoms with Gasteiger partial charge in [0, 0.05) is 29.1 Å². The molecule has 0 N–H and O–H groups in total. The molecule has 1 aromatic heterocycles. The van der Waals surface area contributed by atoms with E-state index in [1.54, 1.807) is 35.5 Å². The van der Waals surface area contributed by atoms with Crippen molar-refractivity contribution >= 4 is 23.2 Å². The molecule has 0 bridgehead atoms. The van der Waals surface area contributed by atoms with Crippen LogP contribution in [0, 0.1) is 0 Å². The molecule has 0 aliphatic carbocycles. The number of rotatable bonds is 9. The predicted molar refractivity (Wildman–Crippen MR) is 138 cm³/mol. The van der Waals surface area contributed by atoms with E-state index in [1.807, 2.05) is 61.2 Å². The molecule has 0 saturated carbocycles. The maximum atomic E-state index is 13.7. The summed E-state index contributed by atoms with van der Waals surface area (Å²) in [5.41, 5.74) is 1.72. The summed E-state index contributed by atoms with van der Waals surface area (Å²) in [6.07, 6.45) is 1.58. The molecule has 184 valence electrons. The average Bonchev–Trinajstić information content (AvgIpc) is 3.39. The fourth-order valence-electron chi connectivity index (χ4n) is 4.37. The van der Waals surface area contributed by atoms with Gasteiger partial charge in [0.2, 0.25) is 5.91 Å². The zero-order valence-corrected chi connectivity index (χ0v) is 21.3. The minimum Gasteiger partial charge on any atom is -0.497 e. The lowest BCUT2D eigenvalue weighted by Gasteiger charge is -2.38. The summed E-state index contributed by atoms with van der Waals surface area (Å²) in [5.74, 6) is 1.23. The lowest BCUT2D eigenvalue weighted by Crippen LogP contribution is -2.49. The van der Waals surface area contributed by atoms with Gasteiger partial charge in [0.25, 0.3) is 5.91 Å². The van der Waals surface area contributed by atoms with Crippen molar-refractivity contribution in [3.63, 3.8) is 0 Å². The Kier molecular flexibility index (Phi) is 8.08. The van der Waals surface area contributed by atoms with Crippen molar-refractivity contribution in [2.45, 2.75) is 38.8 Å². The third kappa shape index (κ3) is 5.68. The van der Waals surface area contributed by atoms with Gasteiger partial charge in [-0.3, -0.25) is 9.59 Å². The number of nitrogens with zero attached hydrogens (tertiary/aromatic N) is 2. The molecule has 1 aliphatic heterocycles. The van der Waals surface area contributed by atoms with E-state index >= 15 is 0 Å². The van der Waals surface area contributed by atoms with Gasteiger partial charge in [0.05, 0.1) is 13.2 Å². The van der Waals surface area contributed by atoms with E-state index in [-0.39, 0.29) is 30.4 Å². The first kappa shape index (κ1) is 24.8. The van der Waals surface area contributed by atoms with Gasteiger partial charge in [-0.25, -0.2) is 0 Å². The van der Waals surface area contributed by atoms with Crippen LogP contribution in [0.5, 0.6) is 11.5 Å². The maximum absolute atomic E-state index is 13.7. The van der Waals surface area contributed by atoms with Crippen LogP contribution in [0.3, 0.4) is 0 Å². The third-order valence-electron chi connectivity index (χ3n) is 6.57. The van der Waals surface area contributed by atoms with Crippen LogP contribution < -0.4 is 9.47 Å². The average molecular weight is 493 g/mol. The Bertz CT molecular complexity index is 1150. The normalized spacial score (nSPS) is 15.7. The van der Waals surface area contributed by atoms with Gasteiger partial charge in [-0.1, -0.05) is 31.2 Å². The van der Waals surface area contributed by atoms with Crippen LogP contribution in [0.2, 0.25) is 0 Å². The Balaban J connectivity index is 1.54. The van der Waals surface area contributed by atoms with Crippen molar-refractivity contribution < 1.29 is 19.1 Å². The van der Waals surface area contributed by atoms with E-state index in [2.05, 4.69) is 11.4 Å². The molecule has 3 aromatic rings. The van der Waals surface area contributed by atoms with E-state index in [0.717, 1.165) is 24.2 Å². The minimum absolute atomic E-state index is 0.0395. The Morgan fingerprint density at radius 2 is 1.89 bits per heavy atom. The van der Waals surface area contributed by atoms with Crippen LogP contribution in [-0.2, 0) is 11.2 Å². The SMILES string of the molecule is CCC(C)N(CC(=O)N1CCc2sccc2C1COc1cccc(OC)c1)C(=O)c1ccccc1. The summed E-state index contributed by atoms with van der Waals surface area (Å²) in [6.45, 7) is 5.00. The summed E-state index contributed by atoms with van der Waals surface area (Å²) < 4.78 is 11.4. The zero-order valence-electron chi connectivity index (χ0n) is 20.5. The standard InChI is InChI=1S/C28H32N2O4S/c1-4-20(2)30(28(32)21-9-6-5-7-10-21)18-27(31)29-15-13-26-24(14-16-35-26)25(29)19-34-23-12-8-11-22(17-23)33-3/h5-12,14,16-17,20,25H,4,13,15,18-19H2,1-3H3. The monoisotopic (exact) mass is 492 g/mol. The van der Waals surface area contributed by atoms with Crippen molar-refractivity contribution in [2.24, 2.45) is 0 Å². The van der Waals surface area contributed by atoms with E-state index in [1.165, 1.54) is 4.88 Å². The van der Waals surface area contributed by atoms with E-state index < -0.39 is 0 Å². The quantitative estimate of drug-likeness (QED) is 0.412. The molecule has 7 heteroatoms. The number of carbonyl (C=O) groups is 2. The van der Waals surface area contributed by atoms with Crippen LogP contribution in [0.15, 0.2) is 66.0 Å². The highest BCUT2D eigenvalue weighted by molar-refractivity contribution is 7.10. The Morgan fingerprint density at radius 1 is 1.11 bits per heavy atom. The molecule has 2 unspecified atom stereocenters. The van der Waals surface area contributed by atoms with Crippen molar-refractivity contribution in [3.8, 4) is 11.5 Å². The second-order valence-electron chi connectivity index (χ2n) is 8.70. The molecule has 2 heterocycles. The molecule has 2 atom stereocenters. The highest BCUT2D eigenvalue weighted by Crippen LogP contribution is 2.34. The van der Waals surface area contributed by atoms with Crippen molar-refractivity contribution in [3.05, 3.63) is 82.0 Å².